The van der Waals surface area contributed by atoms with Gasteiger partial charge in [-0.3, -0.25) is 4.79 Å². The van der Waals surface area contributed by atoms with Gasteiger partial charge in [0.2, 0.25) is 5.91 Å². The summed E-state index contributed by atoms with van der Waals surface area (Å²) in [6, 6.07) is 15.6. The van der Waals surface area contributed by atoms with Crippen molar-refractivity contribution in [3.05, 3.63) is 71.3 Å². The zero-order chi connectivity index (χ0) is 17.1. The fourth-order valence-corrected chi connectivity index (χ4v) is 3.77. The first-order valence-electron chi connectivity index (χ1n) is 9.14. The van der Waals surface area contributed by atoms with Crippen LogP contribution in [0.5, 0.6) is 11.5 Å². The number of hydrogen-bond donors (Lipinski definition) is 1. The zero-order valence-corrected chi connectivity index (χ0v) is 14.3. The quantitative estimate of drug-likeness (QED) is 0.806. The zero-order valence-electron chi connectivity index (χ0n) is 14.3. The van der Waals surface area contributed by atoms with Gasteiger partial charge in [-0.15, -0.1) is 0 Å². The molecule has 0 unspecified atom stereocenters. The number of allylic oxidation sites excluding steroid dienone is 1. The SMILES string of the molecule is O=C(NCCC1=CCCCC1)C1c2ccccc2Oc2ccccc21. The molecule has 0 fully saturated rings. The number of fused-ring (bicyclic) bond motifs is 2. The highest BCUT2D eigenvalue weighted by Gasteiger charge is 2.32. The Labute approximate surface area is 148 Å². The van der Waals surface area contributed by atoms with Crippen LogP contribution in [0.1, 0.15) is 49.1 Å². The van der Waals surface area contributed by atoms with E-state index in [2.05, 4.69) is 11.4 Å². The maximum Gasteiger partial charge on any atom is 0.232 e. The van der Waals surface area contributed by atoms with Crippen molar-refractivity contribution >= 4 is 5.91 Å². The van der Waals surface area contributed by atoms with E-state index in [1.807, 2.05) is 48.5 Å². The number of benzene rings is 2. The molecule has 4 rings (SSSR count). The van der Waals surface area contributed by atoms with E-state index in [1.165, 1.54) is 31.3 Å². The van der Waals surface area contributed by atoms with Crippen molar-refractivity contribution in [1.29, 1.82) is 0 Å². The Hall–Kier alpha value is -2.55. The first kappa shape index (κ1) is 15.9. The molecular weight excluding hydrogens is 310 g/mol. The normalized spacial score (nSPS) is 16.2. The number of para-hydroxylation sites is 2. The smallest absolute Gasteiger partial charge is 0.232 e. The maximum absolute atomic E-state index is 13.0. The second kappa shape index (κ2) is 7.14. The average Bonchev–Trinajstić information content (AvgIpc) is 2.66. The van der Waals surface area contributed by atoms with Crippen LogP contribution in [-0.2, 0) is 4.79 Å². The molecule has 1 N–H and O–H groups in total. The number of amides is 1. The summed E-state index contributed by atoms with van der Waals surface area (Å²) in [5, 5.41) is 3.15. The molecule has 3 nitrogen and oxygen atoms in total. The summed E-state index contributed by atoms with van der Waals surface area (Å²) in [5.74, 6) is 1.30. The van der Waals surface area contributed by atoms with E-state index in [4.69, 9.17) is 4.74 Å². The number of ether oxygens (including phenoxy) is 1. The Bertz CT molecular complexity index is 764. The molecule has 0 bridgehead atoms. The molecule has 0 saturated heterocycles. The minimum Gasteiger partial charge on any atom is -0.457 e. The molecule has 2 aliphatic rings. The van der Waals surface area contributed by atoms with Crippen LogP contribution < -0.4 is 10.1 Å². The molecule has 2 aromatic carbocycles. The third-order valence-electron chi connectivity index (χ3n) is 5.07. The van der Waals surface area contributed by atoms with Gasteiger partial charge in [0.15, 0.2) is 0 Å². The lowest BCUT2D eigenvalue weighted by molar-refractivity contribution is -0.121. The molecule has 0 saturated carbocycles. The molecule has 2 aromatic rings. The second-order valence-electron chi connectivity index (χ2n) is 6.76. The van der Waals surface area contributed by atoms with Crippen LogP contribution in [0, 0.1) is 0 Å². The van der Waals surface area contributed by atoms with Gasteiger partial charge in [0.1, 0.15) is 11.5 Å². The first-order valence-corrected chi connectivity index (χ1v) is 9.14. The Kier molecular flexibility index (Phi) is 4.55. The number of carbonyl (C=O) groups is 1. The Morgan fingerprint density at radius 1 is 1.00 bits per heavy atom. The second-order valence-corrected chi connectivity index (χ2v) is 6.76. The van der Waals surface area contributed by atoms with E-state index >= 15 is 0 Å². The van der Waals surface area contributed by atoms with Gasteiger partial charge in [-0.25, -0.2) is 0 Å². The van der Waals surface area contributed by atoms with E-state index in [-0.39, 0.29) is 11.8 Å². The molecule has 1 amide bonds. The average molecular weight is 333 g/mol. The van der Waals surface area contributed by atoms with Crippen LogP contribution in [0.25, 0.3) is 0 Å². The molecule has 1 aliphatic heterocycles. The summed E-state index contributed by atoms with van der Waals surface area (Å²) >= 11 is 0. The van der Waals surface area contributed by atoms with Gasteiger partial charge in [0, 0.05) is 17.7 Å². The van der Waals surface area contributed by atoms with Crippen molar-refractivity contribution in [2.75, 3.05) is 6.54 Å². The lowest BCUT2D eigenvalue weighted by Crippen LogP contribution is -2.32. The first-order chi connectivity index (χ1) is 12.3. The van der Waals surface area contributed by atoms with E-state index in [0.717, 1.165) is 29.0 Å². The van der Waals surface area contributed by atoms with Crippen molar-refractivity contribution in [3.8, 4) is 11.5 Å². The van der Waals surface area contributed by atoms with Crippen molar-refractivity contribution in [2.24, 2.45) is 0 Å². The fourth-order valence-electron chi connectivity index (χ4n) is 3.77. The molecule has 1 aliphatic carbocycles. The number of carbonyl (C=O) groups excluding carboxylic acids is 1. The summed E-state index contributed by atoms with van der Waals surface area (Å²) in [7, 11) is 0. The van der Waals surface area contributed by atoms with Crippen LogP contribution >= 0.6 is 0 Å². The minimum absolute atomic E-state index is 0.0552. The molecule has 0 radical (unpaired) electrons. The van der Waals surface area contributed by atoms with E-state index in [9.17, 15) is 4.79 Å². The monoisotopic (exact) mass is 333 g/mol. The summed E-state index contributed by atoms with van der Waals surface area (Å²) in [5.41, 5.74) is 3.37. The van der Waals surface area contributed by atoms with Crippen molar-refractivity contribution in [2.45, 2.75) is 38.0 Å². The van der Waals surface area contributed by atoms with Crippen molar-refractivity contribution in [3.63, 3.8) is 0 Å². The summed E-state index contributed by atoms with van der Waals surface area (Å²) < 4.78 is 5.97. The van der Waals surface area contributed by atoms with Crippen LogP contribution in [0.4, 0.5) is 0 Å². The Morgan fingerprint density at radius 3 is 2.32 bits per heavy atom. The highest BCUT2D eigenvalue weighted by atomic mass is 16.5. The molecule has 3 heteroatoms. The van der Waals surface area contributed by atoms with E-state index in [1.54, 1.807) is 0 Å². The summed E-state index contributed by atoms with van der Waals surface area (Å²) in [4.78, 5) is 13.0. The van der Waals surface area contributed by atoms with Gasteiger partial charge < -0.3 is 10.1 Å². The minimum atomic E-state index is -0.304. The number of rotatable bonds is 4. The predicted molar refractivity (Wildman–Crippen MR) is 99.0 cm³/mol. The molecule has 0 atom stereocenters. The van der Waals surface area contributed by atoms with Gasteiger partial charge in [-0.05, 0) is 44.2 Å². The molecule has 0 aromatic heterocycles. The molecular formula is C22H23NO2. The van der Waals surface area contributed by atoms with Crippen LogP contribution in [-0.4, -0.2) is 12.5 Å². The number of nitrogens with one attached hydrogen (secondary N) is 1. The van der Waals surface area contributed by atoms with Gasteiger partial charge in [0.25, 0.3) is 0 Å². The molecule has 0 spiro atoms. The highest BCUT2D eigenvalue weighted by Crippen LogP contribution is 2.43. The maximum atomic E-state index is 13.0. The van der Waals surface area contributed by atoms with Crippen LogP contribution in [0.3, 0.4) is 0 Å². The van der Waals surface area contributed by atoms with Gasteiger partial charge in [-0.1, -0.05) is 48.0 Å². The van der Waals surface area contributed by atoms with Crippen molar-refractivity contribution in [1.82, 2.24) is 5.32 Å². The third kappa shape index (κ3) is 3.32. The van der Waals surface area contributed by atoms with Gasteiger partial charge >= 0.3 is 0 Å². The van der Waals surface area contributed by atoms with Crippen molar-refractivity contribution < 1.29 is 9.53 Å². The standard InChI is InChI=1S/C22H23NO2/c24-22(23-15-14-16-8-2-1-3-9-16)21-17-10-4-6-12-19(17)25-20-13-7-5-11-18(20)21/h4-8,10-13,21H,1-3,9,14-15H2,(H,23,24). The number of hydrogen-bond acceptors (Lipinski definition) is 2. The largest absolute Gasteiger partial charge is 0.457 e. The summed E-state index contributed by atoms with van der Waals surface area (Å²) in [6.07, 6.45) is 8.24. The van der Waals surface area contributed by atoms with E-state index < -0.39 is 0 Å². The lowest BCUT2D eigenvalue weighted by Gasteiger charge is -2.27. The van der Waals surface area contributed by atoms with Gasteiger partial charge in [-0.2, -0.15) is 0 Å². The lowest BCUT2D eigenvalue weighted by atomic mass is 9.87. The molecule has 1 heterocycles. The third-order valence-corrected chi connectivity index (χ3v) is 5.07. The Balaban J connectivity index is 1.52. The predicted octanol–water partition coefficient (Wildman–Crippen LogP) is 4.93. The van der Waals surface area contributed by atoms with E-state index in [0.29, 0.717) is 6.54 Å². The topological polar surface area (TPSA) is 38.3 Å². The van der Waals surface area contributed by atoms with Gasteiger partial charge in [0.05, 0.1) is 5.92 Å². The Morgan fingerprint density at radius 2 is 1.68 bits per heavy atom. The molecule has 128 valence electrons. The van der Waals surface area contributed by atoms with Crippen LogP contribution in [0.15, 0.2) is 60.2 Å². The fraction of sp³-hybridized carbons (Fsp3) is 0.318. The highest BCUT2D eigenvalue weighted by molar-refractivity contribution is 5.89. The summed E-state index contributed by atoms with van der Waals surface area (Å²) in [6.45, 7) is 0.701. The molecule has 25 heavy (non-hydrogen) atoms. The van der Waals surface area contributed by atoms with Crippen LogP contribution in [0.2, 0.25) is 0 Å².